The van der Waals surface area contributed by atoms with Gasteiger partial charge in [-0.3, -0.25) is 0 Å². The summed E-state index contributed by atoms with van der Waals surface area (Å²) in [5.41, 5.74) is 2.60. The smallest absolute Gasteiger partial charge is 0.162 e. The maximum absolute atomic E-state index is 13.5. The molecule has 1 aromatic heterocycles. The number of hydrogen-bond donors (Lipinski definition) is 1. The average Bonchev–Trinajstić information content (AvgIpc) is 2.44. The third-order valence-corrected chi connectivity index (χ3v) is 3.87. The van der Waals surface area contributed by atoms with E-state index < -0.39 is 0 Å². The van der Waals surface area contributed by atoms with Gasteiger partial charge < -0.3 is 5.32 Å². The largest absolute Gasteiger partial charge is 0.369 e. The molecule has 1 N–H and O–H groups in total. The molecule has 2 aromatic rings. The number of nitrogens with zero attached hydrogens (tertiary/aromatic N) is 2. The molecule has 0 aliphatic carbocycles. The van der Waals surface area contributed by atoms with Crippen molar-refractivity contribution in [1.29, 1.82) is 0 Å². The van der Waals surface area contributed by atoms with E-state index in [1.54, 1.807) is 6.07 Å². The summed E-state index contributed by atoms with van der Waals surface area (Å²) >= 11 is 3.52. The molecular formula is C15H17BrFN3. The van der Waals surface area contributed by atoms with Crippen LogP contribution in [0.5, 0.6) is 0 Å². The number of halogens is 2. The molecule has 0 aliphatic heterocycles. The molecule has 0 fully saturated rings. The summed E-state index contributed by atoms with van der Waals surface area (Å²) in [5.74, 6) is 1.02. The molecule has 0 radical (unpaired) electrons. The molecule has 1 aromatic carbocycles. The zero-order chi connectivity index (χ0) is 14.7. The average molecular weight is 338 g/mol. The number of aromatic nitrogens is 2. The van der Waals surface area contributed by atoms with Crippen LogP contribution in [-0.4, -0.2) is 16.5 Å². The Balaban J connectivity index is 2.61. The van der Waals surface area contributed by atoms with E-state index in [0.717, 1.165) is 40.1 Å². The Morgan fingerprint density at radius 3 is 2.65 bits per heavy atom. The predicted octanol–water partition coefficient (Wildman–Crippen LogP) is 4.35. The molecule has 0 spiro atoms. The van der Waals surface area contributed by atoms with Crippen LogP contribution in [0.25, 0.3) is 11.4 Å². The third-order valence-electron chi connectivity index (χ3n) is 3.04. The zero-order valence-electron chi connectivity index (χ0n) is 11.8. The van der Waals surface area contributed by atoms with Gasteiger partial charge in [-0.15, -0.1) is 0 Å². The molecule has 20 heavy (non-hydrogen) atoms. The molecule has 3 nitrogen and oxygen atoms in total. The van der Waals surface area contributed by atoms with Crippen molar-refractivity contribution in [3.63, 3.8) is 0 Å². The molecule has 1 heterocycles. The number of anilines is 1. The molecule has 0 aliphatic rings. The molecule has 106 valence electrons. The van der Waals surface area contributed by atoms with E-state index in [4.69, 9.17) is 0 Å². The second kappa shape index (κ2) is 6.31. The first kappa shape index (κ1) is 14.9. The van der Waals surface area contributed by atoms with Gasteiger partial charge in [0, 0.05) is 12.1 Å². The van der Waals surface area contributed by atoms with Crippen molar-refractivity contribution < 1.29 is 4.39 Å². The van der Waals surface area contributed by atoms with Crippen LogP contribution >= 0.6 is 15.9 Å². The molecule has 0 atom stereocenters. The summed E-state index contributed by atoms with van der Waals surface area (Å²) in [4.78, 5) is 9.05. The number of nitrogens with one attached hydrogen (secondary N) is 1. The molecule has 0 unspecified atom stereocenters. The van der Waals surface area contributed by atoms with Crippen molar-refractivity contribution in [3.8, 4) is 11.4 Å². The first-order chi connectivity index (χ1) is 9.56. The van der Waals surface area contributed by atoms with Crippen molar-refractivity contribution in [2.45, 2.75) is 27.2 Å². The lowest BCUT2D eigenvalue weighted by Gasteiger charge is -2.12. The lowest BCUT2D eigenvalue weighted by Crippen LogP contribution is -2.06. The highest BCUT2D eigenvalue weighted by atomic mass is 79.9. The zero-order valence-corrected chi connectivity index (χ0v) is 13.4. The van der Waals surface area contributed by atoms with Gasteiger partial charge in [0.05, 0.1) is 10.2 Å². The van der Waals surface area contributed by atoms with Crippen LogP contribution in [0, 0.1) is 12.7 Å². The maximum atomic E-state index is 13.5. The normalized spacial score (nSPS) is 10.7. The Kier molecular flexibility index (Phi) is 4.70. The first-order valence-electron chi connectivity index (χ1n) is 6.63. The Morgan fingerprint density at radius 2 is 2.00 bits per heavy atom. The van der Waals surface area contributed by atoms with Gasteiger partial charge in [0.1, 0.15) is 11.6 Å². The van der Waals surface area contributed by atoms with Gasteiger partial charge in [-0.1, -0.05) is 13.0 Å². The maximum Gasteiger partial charge on any atom is 0.162 e. The highest BCUT2D eigenvalue weighted by Crippen LogP contribution is 2.29. The molecule has 0 saturated heterocycles. The van der Waals surface area contributed by atoms with E-state index >= 15 is 0 Å². The van der Waals surface area contributed by atoms with E-state index in [2.05, 4.69) is 31.2 Å². The van der Waals surface area contributed by atoms with E-state index in [1.807, 2.05) is 20.8 Å². The molecule has 5 heteroatoms. The van der Waals surface area contributed by atoms with E-state index in [-0.39, 0.29) is 5.82 Å². The summed E-state index contributed by atoms with van der Waals surface area (Å²) in [7, 11) is 0. The quantitative estimate of drug-likeness (QED) is 0.901. The minimum atomic E-state index is -0.278. The van der Waals surface area contributed by atoms with Crippen LogP contribution in [0.4, 0.5) is 10.2 Å². The van der Waals surface area contributed by atoms with Gasteiger partial charge in [-0.05, 0) is 53.9 Å². The minimum Gasteiger partial charge on any atom is -0.369 e. The van der Waals surface area contributed by atoms with Crippen LogP contribution in [0.2, 0.25) is 0 Å². The van der Waals surface area contributed by atoms with Crippen molar-refractivity contribution >= 4 is 21.7 Å². The molecule has 0 amide bonds. The lowest BCUT2D eigenvalue weighted by atomic mass is 10.1. The molecule has 0 saturated carbocycles. The summed E-state index contributed by atoms with van der Waals surface area (Å²) in [6.45, 7) is 6.73. The summed E-state index contributed by atoms with van der Waals surface area (Å²) in [6.07, 6.45) is 0.781. The Bertz CT molecular complexity index is 629. The van der Waals surface area contributed by atoms with Crippen LogP contribution in [-0.2, 0) is 6.42 Å². The van der Waals surface area contributed by atoms with Gasteiger partial charge in [0.2, 0.25) is 0 Å². The van der Waals surface area contributed by atoms with Crippen molar-refractivity contribution in [1.82, 2.24) is 9.97 Å². The number of rotatable bonds is 4. The van der Waals surface area contributed by atoms with Crippen LogP contribution in [0.1, 0.15) is 25.1 Å². The van der Waals surface area contributed by atoms with Gasteiger partial charge >= 0.3 is 0 Å². The fourth-order valence-electron chi connectivity index (χ4n) is 1.97. The van der Waals surface area contributed by atoms with Gasteiger partial charge in [-0.2, -0.15) is 0 Å². The fraction of sp³-hybridized carbons (Fsp3) is 0.333. The SMILES string of the molecule is CCNc1nc(-c2cc(F)ccc2C)nc(CC)c1Br. The van der Waals surface area contributed by atoms with E-state index in [1.165, 1.54) is 12.1 Å². The van der Waals surface area contributed by atoms with E-state index in [9.17, 15) is 4.39 Å². The van der Waals surface area contributed by atoms with Gasteiger partial charge in [0.25, 0.3) is 0 Å². The lowest BCUT2D eigenvalue weighted by molar-refractivity contribution is 0.627. The fourth-order valence-corrected chi connectivity index (χ4v) is 2.57. The number of hydrogen-bond acceptors (Lipinski definition) is 3. The topological polar surface area (TPSA) is 37.8 Å². The number of aryl methyl sites for hydroxylation is 2. The summed E-state index contributed by atoms with van der Waals surface area (Å²) < 4.78 is 14.3. The van der Waals surface area contributed by atoms with Crippen LogP contribution in [0.3, 0.4) is 0 Å². The second-order valence-electron chi connectivity index (χ2n) is 4.50. The molecular weight excluding hydrogens is 321 g/mol. The van der Waals surface area contributed by atoms with Crippen LogP contribution < -0.4 is 5.32 Å². The van der Waals surface area contributed by atoms with Gasteiger partial charge in [-0.25, -0.2) is 14.4 Å². The first-order valence-corrected chi connectivity index (χ1v) is 7.42. The summed E-state index contributed by atoms with van der Waals surface area (Å²) in [5, 5.41) is 3.20. The van der Waals surface area contributed by atoms with Crippen molar-refractivity contribution in [2.75, 3.05) is 11.9 Å². The summed E-state index contributed by atoms with van der Waals surface area (Å²) in [6, 6.07) is 4.67. The predicted molar refractivity (Wildman–Crippen MR) is 83.4 cm³/mol. The van der Waals surface area contributed by atoms with Gasteiger partial charge in [0.15, 0.2) is 5.82 Å². The monoisotopic (exact) mass is 337 g/mol. The second-order valence-corrected chi connectivity index (χ2v) is 5.29. The van der Waals surface area contributed by atoms with Crippen molar-refractivity contribution in [2.24, 2.45) is 0 Å². The Hall–Kier alpha value is -1.49. The highest BCUT2D eigenvalue weighted by Gasteiger charge is 2.14. The highest BCUT2D eigenvalue weighted by molar-refractivity contribution is 9.10. The van der Waals surface area contributed by atoms with Crippen LogP contribution in [0.15, 0.2) is 22.7 Å². The standard InChI is InChI=1S/C15H17BrFN3/c1-4-12-13(16)15(18-5-2)20-14(19-12)11-8-10(17)7-6-9(11)3/h6-8H,4-5H2,1-3H3,(H,18,19,20). The minimum absolute atomic E-state index is 0.278. The third kappa shape index (κ3) is 2.98. The molecule has 0 bridgehead atoms. The Morgan fingerprint density at radius 1 is 1.25 bits per heavy atom. The van der Waals surface area contributed by atoms with Crippen molar-refractivity contribution in [3.05, 3.63) is 39.7 Å². The van der Waals surface area contributed by atoms with E-state index in [0.29, 0.717) is 5.82 Å². The number of benzene rings is 1. The Labute approximate surface area is 126 Å². The molecule has 2 rings (SSSR count).